The number of nitrogens with one attached hydrogen (secondary N) is 2. The minimum Gasteiger partial charge on any atom is -0.444 e. The van der Waals surface area contributed by atoms with Crippen molar-refractivity contribution in [3.8, 4) is 0 Å². The number of hydrogen-bond acceptors (Lipinski definition) is 4. The van der Waals surface area contributed by atoms with Crippen LogP contribution in [0.3, 0.4) is 0 Å². The first kappa shape index (κ1) is 34.8. The van der Waals surface area contributed by atoms with E-state index in [9.17, 15) is 14.4 Å². The Balaban J connectivity index is 2.55. The van der Waals surface area contributed by atoms with Crippen molar-refractivity contribution in [1.82, 2.24) is 15.5 Å². The Morgan fingerprint density at radius 2 is 1.43 bits per heavy atom. The van der Waals surface area contributed by atoms with E-state index < -0.39 is 29.3 Å². The highest BCUT2D eigenvalue weighted by molar-refractivity contribution is 5.92. The maximum absolute atomic E-state index is 14.6. The van der Waals surface area contributed by atoms with Gasteiger partial charge in [0.25, 0.3) is 0 Å². The third-order valence-corrected chi connectivity index (χ3v) is 6.85. The number of carbonyl (C=O) groups excluding carboxylic acids is 3. The Morgan fingerprint density at radius 3 is 2.02 bits per heavy atom. The molecule has 0 aliphatic heterocycles. The molecule has 0 saturated carbocycles. The van der Waals surface area contributed by atoms with Crippen molar-refractivity contribution >= 4 is 17.9 Å². The smallest absolute Gasteiger partial charge is 0.408 e. The quantitative estimate of drug-likeness (QED) is 0.230. The molecule has 0 heterocycles. The fraction of sp³-hybridized carbons (Fsp3) is 0.571. The second-order valence-corrected chi connectivity index (χ2v) is 13.2. The summed E-state index contributed by atoms with van der Waals surface area (Å²) in [6.07, 6.45) is 5.87. The van der Waals surface area contributed by atoms with Gasteiger partial charge >= 0.3 is 6.09 Å². The molecular weight excluding hydrogens is 526 g/mol. The molecule has 232 valence electrons. The van der Waals surface area contributed by atoms with Crippen LogP contribution < -0.4 is 10.6 Å². The van der Waals surface area contributed by atoms with E-state index in [1.807, 2.05) is 82.3 Å². The van der Waals surface area contributed by atoms with E-state index in [4.69, 9.17) is 4.74 Å². The summed E-state index contributed by atoms with van der Waals surface area (Å²) in [5.41, 5.74) is 1.38. The molecule has 2 aromatic rings. The van der Waals surface area contributed by atoms with E-state index in [0.717, 1.165) is 48.8 Å². The Morgan fingerprint density at radius 1 is 0.833 bits per heavy atom. The normalized spacial score (nSPS) is 13.1. The van der Waals surface area contributed by atoms with Crippen molar-refractivity contribution < 1.29 is 19.1 Å². The number of amides is 3. The number of ether oxygens (including phenoxy) is 1. The molecular formula is C35H53N3O4. The molecule has 0 aromatic heterocycles. The number of nitrogens with zero attached hydrogens (tertiary/aromatic N) is 1. The van der Waals surface area contributed by atoms with Gasteiger partial charge in [-0.05, 0) is 71.6 Å². The Labute approximate surface area is 253 Å². The number of alkyl carbamates (subject to hydrolysis) is 1. The van der Waals surface area contributed by atoms with Crippen LogP contribution in [0.4, 0.5) is 4.79 Å². The van der Waals surface area contributed by atoms with Gasteiger partial charge in [0.05, 0.1) is 0 Å². The maximum atomic E-state index is 14.6. The molecule has 0 fully saturated rings. The van der Waals surface area contributed by atoms with E-state index in [1.54, 1.807) is 25.7 Å². The number of aryl methyl sites for hydroxylation is 1. The molecule has 0 radical (unpaired) electrons. The lowest BCUT2D eigenvalue weighted by Crippen LogP contribution is -2.55. The second-order valence-electron chi connectivity index (χ2n) is 13.2. The van der Waals surface area contributed by atoms with E-state index in [1.165, 1.54) is 6.42 Å². The van der Waals surface area contributed by atoms with Gasteiger partial charge in [0.1, 0.15) is 17.7 Å². The van der Waals surface area contributed by atoms with Crippen LogP contribution in [-0.2, 0) is 20.7 Å². The lowest BCUT2D eigenvalue weighted by atomic mass is 9.95. The third-order valence-electron chi connectivity index (χ3n) is 6.85. The van der Waals surface area contributed by atoms with Crippen LogP contribution in [0.15, 0.2) is 54.6 Å². The molecule has 0 saturated heterocycles. The van der Waals surface area contributed by atoms with E-state index >= 15 is 0 Å². The van der Waals surface area contributed by atoms with Crippen LogP contribution in [0.25, 0.3) is 0 Å². The Hall–Kier alpha value is -3.35. The van der Waals surface area contributed by atoms with Gasteiger partial charge in [-0.1, -0.05) is 93.6 Å². The average molecular weight is 580 g/mol. The monoisotopic (exact) mass is 579 g/mol. The van der Waals surface area contributed by atoms with E-state index in [0.29, 0.717) is 6.54 Å². The molecule has 7 nitrogen and oxygen atoms in total. The van der Waals surface area contributed by atoms with Crippen molar-refractivity contribution in [2.75, 3.05) is 6.54 Å². The Kier molecular flexibility index (Phi) is 13.5. The third kappa shape index (κ3) is 12.3. The van der Waals surface area contributed by atoms with Gasteiger partial charge in [-0.25, -0.2) is 4.79 Å². The molecule has 2 aromatic carbocycles. The van der Waals surface area contributed by atoms with Gasteiger partial charge in [0.15, 0.2) is 0 Å². The lowest BCUT2D eigenvalue weighted by Gasteiger charge is -2.36. The minimum atomic E-state index is -0.920. The summed E-state index contributed by atoms with van der Waals surface area (Å²) in [4.78, 5) is 43.2. The molecule has 2 rings (SSSR count). The minimum absolute atomic E-state index is 0.244. The number of benzene rings is 2. The van der Waals surface area contributed by atoms with Gasteiger partial charge < -0.3 is 20.3 Å². The van der Waals surface area contributed by atoms with Gasteiger partial charge in [0, 0.05) is 18.5 Å². The highest BCUT2D eigenvalue weighted by Crippen LogP contribution is 2.27. The van der Waals surface area contributed by atoms with Crippen molar-refractivity contribution in [2.45, 2.75) is 124 Å². The molecule has 0 spiro atoms. The van der Waals surface area contributed by atoms with E-state index in [2.05, 4.69) is 17.6 Å². The lowest BCUT2D eigenvalue weighted by molar-refractivity contribution is -0.143. The SMILES string of the molecule is CCCCCCCCN(C(=O)C(Cc1ccccc1)NC(=O)OC(C)(C)C)C(C(=O)NC(C)(C)C)c1ccccc1C. The molecule has 3 amide bonds. The summed E-state index contributed by atoms with van der Waals surface area (Å²) in [5.74, 6) is -0.553. The van der Waals surface area contributed by atoms with Crippen molar-refractivity contribution in [3.63, 3.8) is 0 Å². The molecule has 7 heteroatoms. The molecule has 2 N–H and O–H groups in total. The first-order chi connectivity index (χ1) is 19.7. The predicted molar refractivity (Wildman–Crippen MR) is 170 cm³/mol. The molecule has 0 aliphatic carbocycles. The number of rotatable bonds is 14. The first-order valence-electron chi connectivity index (χ1n) is 15.4. The van der Waals surface area contributed by atoms with E-state index in [-0.39, 0.29) is 18.2 Å². The van der Waals surface area contributed by atoms with Gasteiger partial charge in [-0.3, -0.25) is 9.59 Å². The second kappa shape index (κ2) is 16.3. The van der Waals surface area contributed by atoms with Crippen LogP contribution >= 0.6 is 0 Å². The summed E-state index contributed by atoms with van der Waals surface area (Å²) in [5, 5.41) is 5.96. The summed E-state index contributed by atoms with van der Waals surface area (Å²) in [6.45, 7) is 15.7. The zero-order valence-corrected chi connectivity index (χ0v) is 27.1. The Bertz CT molecular complexity index is 1130. The highest BCUT2D eigenvalue weighted by Gasteiger charge is 2.37. The number of unbranched alkanes of at least 4 members (excludes halogenated alkanes) is 5. The number of carbonyl (C=O) groups is 3. The summed E-state index contributed by atoms with van der Waals surface area (Å²) >= 11 is 0. The summed E-state index contributed by atoms with van der Waals surface area (Å²) in [6, 6.07) is 15.5. The van der Waals surface area contributed by atoms with Gasteiger partial charge in [0.2, 0.25) is 11.8 Å². The fourth-order valence-corrected chi connectivity index (χ4v) is 4.91. The van der Waals surface area contributed by atoms with Crippen molar-refractivity contribution in [3.05, 3.63) is 71.3 Å². The molecule has 0 aliphatic rings. The average Bonchev–Trinajstić information content (AvgIpc) is 2.88. The zero-order chi connectivity index (χ0) is 31.3. The molecule has 42 heavy (non-hydrogen) atoms. The number of hydrogen-bond donors (Lipinski definition) is 2. The standard InChI is InChI=1S/C35H53N3O4/c1-9-10-11-12-13-19-24-38(30(31(39)37-34(3,4)5)28-23-18-17-20-26(28)2)32(40)29(25-27-21-15-14-16-22-27)36-33(41)42-35(6,7)8/h14-18,20-23,29-30H,9-13,19,24-25H2,1-8H3,(H,36,41)(H,37,39). The summed E-state index contributed by atoms with van der Waals surface area (Å²) in [7, 11) is 0. The van der Waals surface area contributed by atoms with Crippen LogP contribution in [0.2, 0.25) is 0 Å². The largest absolute Gasteiger partial charge is 0.444 e. The molecule has 2 unspecified atom stereocenters. The summed E-state index contributed by atoms with van der Waals surface area (Å²) < 4.78 is 5.55. The van der Waals surface area contributed by atoms with Crippen LogP contribution in [0.1, 0.15) is 110 Å². The topological polar surface area (TPSA) is 87.7 Å². The maximum Gasteiger partial charge on any atom is 0.408 e. The van der Waals surface area contributed by atoms with Crippen LogP contribution in [0, 0.1) is 6.92 Å². The van der Waals surface area contributed by atoms with Crippen LogP contribution in [-0.4, -0.2) is 46.5 Å². The van der Waals surface area contributed by atoms with Crippen LogP contribution in [0.5, 0.6) is 0 Å². The zero-order valence-electron chi connectivity index (χ0n) is 27.1. The van der Waals surface area contributed by atoms with Gasteiger partial charge in [-0.2, -0.15) is 0 Å². The highest BCUT2D eigenvalue weighted by atomic mass is 16.6. The van der Waals surface area contributed by atoms with Crippen molar-refractivity contribution in [1.29, 1.82) is 0 Å². The molecule has 0 bridgehead atoms. The predicted octanol–water partition coefficient (Wildman–Crippen LogP) is 7.28. The molecule has 2 atom stereocenters. The van der Waals surface area contributed by atoms with Gasteiger partial charge in [-0.15, -0.1) is 0 Å². The van der Waals surface area contributed by atoms with Crippen molar-refractivity contribution in [2.24, 2.45) is 0 Å². The fourth-order valence-electron chi connectivity index (χ4n) is 4.91. The first-order valence-corrected chi connectivity index (χ1v) is 15.4.